The maximum atomic E-state index is 12.4. The monoisotopic (exact) mass is 366 g/mol. The summed E-state index contributed by atoms with van der Waals surface area (Å²) in [4.78, 5) is 24.6. The summed E-state index contributed by atoms with van der Waals surface area (Å²) in [5.41, 5.74) is 1.73. The van der Waals surface area contributed by atoms with Crippen molar-refractivity contribution in [3.8, 4) is 11.8 Å². The van der Waals surface area contributed by atoms with Crippen LogP contribution in [0.2, 0.25) is 0 Å². The Bertz CT molecular complexity index is 785. The summed E-state index contributed by atoms with van der Waals surface area (Å²) in [7, 11) is 0. The van der Waals surface area contributed by atoms with Gasteiger partial charge in [-0.15, -0.1) is 0 Å². The van der Waals surface area contributed by atoms with Crippen molar-refractivity contribution in [2.45, 2.75) is 25.4 Å². The lowest BCUT2D eigenvalue weighted by atomic mass is 10.1. The van der Waals surface area contributed by atoms with E-state index in [2.05, 4.69) is 16.0 Å². The van der Waals surface area contributed by atoms with Crippen molar-refractivity contribution in [2.75, 3.05) is 6.54 Å². The van der Waals surface area contributed by atoms with E-state index in [1.54, 1.807) is 12.1 Å². The van der Waals surface area contributed by atoms with Gasteiger partial charge in [-0.1, -0.05) is 42.5 Å². The molecule has 2 aromatic carbocycles. The fourth-order valence-corrected chi connectivity index (χ4v) is 2.43. The van der Waals surface area contributed by atoms with Crippen LogP contribution < -0.4 is 16.0 Å². The molecule has 3 amide bonds. The molecule has 4 N–H and O–H groups in total. The summed E-state index contributed by atoms with van der Waals surface area (Å²) >= 11 is 0. The molecule has 7 heteroatoms. The van der Waals surface area contributed by atoms with E-state index in [0.29, 0.717) is 6.54 Å². The average molecular weight is 366 g/mol. The maximum absolute atomic E-state index is 12.4. The molecule has 0 fully saturated rings. The van der Waals surface area contributed by atoms with Crippen LogP contribution in [-0.4, -0.2) is 29.6 Å². The van der Waals surface area contributed by atoms with E-state index < -0.39 is 12.1 Å². The van der Waals surface area contributed by atoms with Gasteiger partial charge in [0, 0.05) is 19.5 Å². The van der Waals surface area contributed by atoms with E-state index in [1.807, 2.05) is 36.4 Å². The highest BCUT2D eigenvalue weighted by Crippen LogP contribution is 2.11. The Balaban J connectivity index is 1.97. The van der Waals surface area contributed by atoms with Crippen LogP contribution >= 0.6 is 0 Å². The number of benzene rings is 2. The largest absolute Gasteiger partial charge is 0.508 e. The molecule has 0 saturated carbocycles. The van der Waals surface area contributed by atoms with Gasteiger partial charge in [-0.05, 0) is 23.3 Å². The number of amides is 3. The van der Waals surface area contributed by atoms with Crippen LogP contribution in [0.1, 0.15) is 17.5 Å². The molecular weight excluding hydrogens is 344 g/mol. The number of phenolic OH excluding ortho intramolecular Hbond substituents is 1. The smallest absolute Gasteiger partial charge is 0.315 e. The predicted octanol–water partition coefficient (Wildman–Crippen LogP) is 1.83. The molecule has 0 bridgehead atoms. The van der Waals surface area contributed by atoms with Crippen LogP contribution in [0.5, 0.6) is 5.75 Å². The number of urea groups is 1. The van der Waals surface area contributed by atoms with Gasteiger partial charge in [0.25, 0.3) is 0 Å². The van der Waals surface area contributed by atoms with Crippen LogP contribution in [0.4, 0.5) is 4.79 Å². The summed E-state index contributed by atoms with van der Waals surface area (Å²) < 4.78 is 0. The van der Waals surface area contributed by atoms with Crippen LogP contribution in [0.15, 0.2) is 54.6 Å². The molecule has 2 rings (SSSR count). The predicted molar refractivity (Wildman–Crippen MR) is 101 cm³/mol. The van der Waals surface area contributed by atoms with Crippen molar-refractivity contribution in [2.24, 2.45) is 0 Å². The van der Waals surface area contributed by atoms with Crippen molar-refractivity contribution >= 4 is 11.9 Å². The zero-order chi connectivity index (χ0) is 19.5. The third kappa shape index (κ3) is 7.08. The molecule has 2 aromatic rings. The number of phenols is 1. The third-order valence-electron chi connectivity index (χ3n) is 3.83. The third-order valence-corrected chi connectivity index (χ3v) is 3.83. The minimum Gasteiger partial charge on any atom is -0.508 e. The molecule has 0 radical (unpaired) electrons. The molecule has 0 saturated heterocycles. The van der Waals surface area contributed by atoms with Gasteiger partial charge in [0.05, 0.1) is 12.5 Å². The first-order valence-electron chi connectivity index (χ1n) is 8.59. The van der Waals surface area contributed by atoms with Gasteiger partial charge in [-0.2, -0.15) is 5.26 Å². The molecule has 0 aliphatic heterocycles. The number of nitrogens with one attached hydrogen (secondary N) is 3. The standard InChI is InChI=1S/C20H22N4O3/c21-11-4-12-22-19(26)18(13-15-7-9-17(25)10-8-15)24-20(27)23-14-16-5-2-1-3-6-16/h1-3,5-10,18,25H,4,12-14H2,(H,22,26)(H2,23,24,27). The minimum absolute atomic E-state index is 0.127. The Morgan fingerprint density at radius 1 is 1.00 bits per heavy atom. The van der Waals surface area contributed by atoms with Crippen LogP contribution in [-0.2, 0) is 17.8 Å². The fraction of sp³-hybridized carbons (Fsp3) is 0.250. The summed E-state index contributed by atoms with van der Waals surface area (Å²) in [5, 5.41) is 26.0. The van der Waals surface area contributed by atoms with Crippen molar-refractivity contribution in [1.29, 1.82) is 5.26 Å². The molecule has 0 aliphatic rings. The van der Waals surface area contributed by atoms with E-state index in [9.17, 15) is 14.7 Å². The fourth-order valence-electron chi connectivity index (χ4n) is 2.43. The maximum Gasteiger partial charge on any atom is 0.315 e. The second kappa shape index (κ2) is 10.5. The zero-order valence-corrected chi connectivity index (χ0v) is 14.8. The number of nitriles is 1. The number of carbonyl (C=O) groups is 2. The summed E-state index contributed by atoms with van der Waals surface area (Å²) in [6, 6.07) is 16.6. The molecule has 1 unspecified atom stereocenters. The summed E-state index contributed by atoms with van der Waals surface area (Å²) in [6.07, 6.45) is 0.454. The Morgan fingerprint density at radius 3 is 2.37 bits per heavy atom. The highest BCUT2D eigenvalue weighted by Gasteiger charge is 2.21. The molecule has 7 nitrogen and oxygen atoms in total. The van der Waals surface area contributed by atoms with Crippen molar-refractivity contribution in [1.82, 2.24) is 16.0 Å². The SMILES string of the molecule is N#CCCNC(=O)C(Cc1ccc(O)cc1)NC(=O)NCc1ccccc1. The van der Waals surface area contributed by atoms with Gasteiger partial charge in [-0.3, -0.25) is 4.79 Å². The number of hydrogen-bond donors (Lipinski definition) is 4. The van der Waals surface area contributed by atoms with Crippen molar-refractivity contribution < 1.29 is 14.7 Å². The van der Waals surface area contributed by atoms with E-state index >= 15 is 0 Å². The lowest BCUT2D eigenvalue weighted by Crippen LogP contribution is -2.51. The van der Waals surface area contributed by atoms with Gasteiger partial charge in [0.1, 0.15) is 11.8 Å². The lowest BCUT2D eigenvalue weighted by molar-refractivity contribution is -0.122. The quantitative estimate of drug-likeness (QED) is 0.534. The Hall–Kier alpha value is -3.53. The number of nitrogens with zero attached hydrogens (tertiary/aromatic N) is 1. The Labute approximate surface area is 158 Å². The normalized spacial score (nSPS) is 11.1. The topological polar surface area (TPSA) is 114 Å². The van der Waals surface area contributed by atoms with Gasteiger partial charge < -0.3 is 21.1 Å². The first kappa shape index (κ1) is 19.8. The van der Waals surface area contributed by atoms with Crippen molar-refractivity contribution in [3.63, 3.8) is 0 Å². The molecule has 0 aromatic heterocycles. The molecule has 140 valence electrons. The van der Waals surface area contributed by atoms with Gasteiger partial charge in [0.2, 0.25) is 5.91 Å². The van der Waals surface area contributed by atoms with Crippen LogP contribution in [0.3, 0.4) is 0 Å². The highest BCUT2D eigenvalue weighted by atomic mass is 16.3. The summed E-state index contributed by atoms with van der Waals surface area (Å²) in [5.74, 6) is -0.240. The molecule has 0 spiro atoms. The van der Waals surface area contributed by atoms with Crippen LogP contribution in [0, 0.1) is 11.3 Å². The number of aromatic hydroxyl groups is 1. The van der Waals surface area contributed by atoms with Gasteiger partial charge in [0.15, 0.2) is 0 Å². The second-order valence-electron chi connectivity index (χ2n) is 5.93. The van der Waals surface area contributed by atoms with Gasteiger partial charge in [-0.25, -0.2) is 4.79 Å². The molecule has 0 heterocycles. The number of carbonyl (C=O) groups excluding carboxylic acids is 2. The van der Waals surface area contributed by atoms with Crippen molar-refractivity contribution in [3.05, 3.63) is 65.7 Å². The second-order valence-corrected chi connectivity index (χ2v) is 5.93. The van der Waals surface area contributed by atoms with E-state index in [1.165, 1.54) is 12.1 Å². The first-order valence-corrected chi connectivity index (χ1v) is 8.59. The molecule has 27 heavy (non-hydrogen) atoms. The molecule has 1 atom stereocenters. The average Bonchev–Trinajstić information content (AvgIpc) is 2.68. The van der Waals surface area contributed by atoms with Gasteiger partial charge >= 0.3 is 6.03 Å². The van der Waals surface area contributed by atoms with E-state index in [0.717, 1.165) is 11.1 Å². The highest BCUT2D eigenvalue weighted by molar-refractivity contribution is 5.87. The molecular formula is C20H22N4O3. The van der Waals surface area contributed by atoms with E-state index in [4.69, 9.17) is 5.26 Å². The van der Waals surface area contributed by atoms with E-state index in [-0.39, 0.29) is 31.0 Å². The minimum atomic E-state index is -0.802. The Morgan fingerprint density at radius 2 is 1.70 bits per heavy atom. The number of rotatable bonds is 8. The first-order chi connectivity index (χ1) is 13.1. The lowest BCUT2D eigenvalue weighted by Gasteiger charge is -2.19. The summed E-state index contributed by atoms with van der Waals surface area (Å²) in [6.45, 7) is 0.559. The molecule has 0 aliphatic carbocycles. The number of hydrogen-bond acceptors (Lipinski definition) is 4. The van der Waals surface area contributed by atoms with Crippen LogP contribution in [0.25, 0.3) is 0 Å². The zero-order valence-electron chi connectivity index (χ0n) is 14.8. The Kier molecular flexibility index (Phi) is 7.67.